The SMILES string of the molecule is COCc1coc(Cn2ncc(NC(=O)c3ncoc3-c3cccc(Cl)c3)n2)n1. The monoisotopic (exact) mass is 414 g/mol. The number of hydrogen-bond donors (Lipinski definition) is 1. The van der Waals surface area contributed by atoms with E-state index in [0.717, 1.165) is 0 Å². The van der Waals surface area contributed by atoms with Crippen molar-refractivity contribution in [3.8, 4) is 11.3 Å². The third kappa shape index (κ3) is 4.33. The second-order valence-electron chi connectivity index (χ2n) is 5.92. The zero-order valence-electron chi connectivity index (χ0n) is 15.2. The molecule has 0 unspecified atom stereocenters. The molecule has 0 spiro atoms. The van der Waals surface area contributed by atoms with Gasteiger partial charge in [-0.15, -0.1) is 5.10 Å². The van der Waals surface area contributed by atoms with E-state index in [-0.39, 0.29) is 18.1 Å². The molecule has 0 aliphatic heterocycles. The molecule has 0 saturated carbocycles. The zero-order chi connectivity index (χ0) is 20.2. The number of carbonyl (C=O) groups excluding carboxylic acids is 1. The average molecular weight is 415 g/mol. The van der Waals surface area contributed by atoms with Crippen LogP contribution in [0.4, 0.5) is 5.82 Å². The number of nitrogens with zero attached hydrogens (tertiary/aromatic N) is 5. The van der Waals surface area contributed by atoms with Crippen LogP contribution in [0.3, 0.4) is 0 Å². The van der Waals surface area contributed by atoms with Gasteiger partial charge in [-0.3, -0.25) is 4.79 Å². The second kappa shape index (κ2) is 8.25. The standard InChI is InChI=1S/C18H15ClN6O4/c1-27-8-13-9-28-15(22-13)7-25-21-6-14(24-25)23-18(26)16-17(29-10-20-16)11-3-2-4-12(19)5-11/h2-6,9-10H,7-8H2,1H3,(H,23,24,26). The fourth-order valence-corrected chi connectivity index (χ4v) is 2.80. The van der Waals surface area contributed by atoms with E-state index in [9.17, 15) is 4.79 Å². The highest BCUT2D eigenvalue weighted by Gasteiger charge is 2.20. The first kappa shape index (κ1) is 18.8. The van der Waals surface area contributed by atoms with E-state index in [2.05, 4.69) is 25.5 Å². The minimum Gasteiger partial charge on any atom is -0.446 e. The molecule has 0 fully saturated rings. The number of hydrogen-bond acceptors (Lipinski definition) is 8. The third-order valence-corrected chi connectivity index (χ3v) is 4.05. The van der Waals surface area contributed by atoms with Crippen molar-refractivity contribution in [2.45, 2.75) is 13.2 Å². The quantitative estimate of drug-likeness (QED) is 0.489. The maximum atomic E-state index is 12.6. The van der Waals surface area contributed by atoms with Crippen LogP contribution in [-0.4, -0.2) is 38.0 Å². The summed E-state index contributed by atoms with van der Waals surface area (Å²) in [4.78, 5) is 22.2. The van der Waals surface area contributed by atoms with Crippen molar-refractivity contribution < 1.29 is 18.4 Å². The van der Waals surface area contributed by atoms with Crippen LogP contribution >= 0.6 is 11.6 Å². The third-order valence-electron chi connectivity index (χ3n) is 3.82. The Balaban J connectivity index is 1.45. The Labute approximate surface area is 169 Å². The van der Waals surface area contributed by atoms with E-state index in [1.807, 2.05) is 0 Å². The predicted molar refractivity (Wildman–Crippen MR) is 101 cm³/mol. The number of benzene rings is 1. The lowest BCUT2D eigenvalue weighted by molar-refractivity contribution is 0.102. The van der Waals surface area contributed by atoms with Gasteiger partial charge < -0.3 is 18.9 Å². The van der Waals surface area contributed by atoms with E-state index in [1.165, 1.54) is 23.7 Å². The molecule has 0 aliphatic carbocycles. The van der Waals surface area contributed by atoms with Gasteiger partial charge in [-0.05, 0) is 12.1 Å². The summed E-state index contributed by atoms with van der Waals surface area (Å²) in [5, 5.41) is 11.4. The molecule has 0 atom stereocenters. The van der Waals surface area contributed by atoms with E-state index >= 15 is 0 Å². The van der Waals surface area contributed by atoms with E-state index in [1.54, 1.807) is 31.4 Å². The maximum Gasteiger partial charge on any atom is 0.279 e. The number of halogens is 1. The van der Waals surface area contributed by atoms with Gasteiger partial charge in [0.15, 0.2) is 23.7 Å². The van der Waals surface area contributed by atoms with Crippen LogP contribution in [0.15, 0.2) is 52.0 Å². The molecular formula is C18H15ClN6O4. The molecule has 4 aromatic rings. The summed E-state index contributed by atoms with van der Waals surface area (Å²) in [5.41, 5.74) is 1.42. The molecule has 1 amide bonds. The van der Waals surface area contributed by atoms with Gasteiger partial charge in [0, 0.05) is 17.7 Å². The van der Waals surface area contributed by atoms with Crippen molar-refractivity contribution in [3.05, 3.63) is 65.4 Å². The fourth-order valence-electron chi connectivity index (χ4n) is 2.61. The van der Waals surface area contributed by atoms with Gasteiger partial charge in [0.05, 0.1) is 12.8 Å². The fraction of sp³-hybridized carbons (Fsp3) is 0.167. The van der Waals surface area contributed by atoms with Crippen molar-refractivity contribution in [2.75, 3.05) is 12.4 Å². The van der Waals surface area contributed by atoms with Crippen LogP contribution < -0.4 is 5.32 Å². The number of rotatable bonds is 7. The molecule has 3 aromatic heterocycles. The molecule has 0 saturated heterocycles. The number of oxazole rings is 2. The molecule has 10 nitrogen and oxygen atoms in total. The van der Waals surface area contributed by atoms with Crippen LogP contribution in [0.25, 0.3) is 11.3 Å². The number of carbonyl (C=O) groups is 1. The highest BCUT2D eigenvalue weighted by molar-refractivity contribution is 6.30. The van der Waals surface area contributed by atoms with Gasteiger partial charge in [0.2, 0.25) is 5.89 Å². The first-order chi connectivity index (χ1) is 14.1. The average Bonchev–Trinajstić information content (AvgIpc) is 3.44. The van der Waals surface area contributed by atoms with Crippen molar-refractivity contribution in [3.63, 3.8) is 0 Å². The van der Waals surface area contributed by atoms with Crippen LogP contribution in [-0.2, 0) is 17.9 Å². The number of anilines is 1. The Morgan fingerprint density at radius 2 is 2.24 bits per heavy atom. The Hall–Kier alpha value is -3.50. The van der Waals surface area contributed by atoms with Crippen molar-refractivity contribution in [2.24, 2.45) is 0 Å². The summed E-state index contributed by atoms with van der Waals surface area (Å²) in [6.45, 7) is 0.557. The minimum absolute atomic E-state index is 0.110. The first-order valence-corrected chi connectivity index (χ1v) is 8.83. The Morgan fingerprint density at radius 1 is 1.34 bits per heavy atom. The molecule has 148 valence electrons. The zero-order valence-corrected chi connectivity index (χ0v) is 16.0. The second-order valence-corrected chi connectivity index (χ2v) is 6.36. The van der Waals surface area contributed by atoms with Crippen LogP contribution in [0.2, 0.25) is 5.02 Å². The highest BCUT2D eigenvalue weighted by atomic mass is 35.5. The maximum absolute atomic E-state index is 12.6. The van der Waals surface area contributed by atoms with Gasteiger partial charge in [-0.1, -0.05) is 23.7 Å². The molecule has 4 rings (SSSR count). The Morgan fingerprint density at radius 3 is 3.07 bits per heavy atom. The lowest BCUT2D eigenvalue weighted by Crippen LogP contribution is -2.14. The van der Waals surface area contributed by atoms with E-state index in [0.29, 0.717) is 34.5 Å². The van der Waals surface area contributed by atoms with Gasteiger partial charge >= 0.3 is 0 Å². The summed E-state index contributed by atoms with van der Waals surface area (Å²) in [6, 6.07) is 6.94. The van der Waals surface area contributed by atoms with Crippen LogP contribution in [0.1, 0.15) is 22.1 Å². The van der Waals surface area contributed by atoms with Gasteiger partial charge in [0.25, 0.3) is 5.91 Å². The Kier molecular flexibility index (Phi) is 5.36. The van der Waals surface area contributed by atoms with Crippen molar-refractivity contribution in [1.29, 1.82) is 0 Å². The van der Waals surface area contributed by atoms with Crippen molar-refractivity contribution in [1.82, 2.24) is 25.0 Å². The number of ether oxygens (including phenoxy) is 1. The first-order valence-electron chi connectivity index (χ1n) is 8.45. The molecule has 1 aromatic carbocycles. The normalized spacial score (nSPS) is 11.0. The molecule has 1 N–H and O–H groups in total. The van der Waals surface area contributed by atoms with Crippen LogP contribution in [0.5, 0.6) is 0 Å². The summed E-state index contributed by atoms with van der Waals surface area (Å²) in [7, 11) is 1.57. The molecule has 3 heterocycles. The van der Waals surface area contributed by atoms with Gasteiger partial charge in [0.1, 0.15) is 18.5 Å². The highest BCUT2D eigenvalue weighted by Crippen LogP contribution is 2.26. The topological polar surface area (TPSA) is 121 Å². The lowest BCUT2D eigenvalue weighted by atomic mass is 10.1. The van der Waals surface area contributed by atoms with Crippen molar-refractivity contribution >= 4 is 23.3 Å². The van der Waals surface area contributed by atoms with E-state index in [4.69, 9.17) is 25.2 Å². The van der Waals surface area contributed by atoms with Gasteiger partial charge in [-0.2, -0.15) is 9.90 Å². The van der Waals surface area contributed by atoms with E-state index < -0.39 is 5.91 Å². The number of methoxy groups -OCH3 is 1. The summed E-state index contributed by atoms with van der Waals surface area (Å²) >= 11 is 6.01. The largest absolute Gasteiger partial charge is 0.446 e. The Bertz CT molecular complexity index is 1130. The molecule has 0 radical (unpaired) electrons. The summed E-state index contributed by atoms with van der Waals surface area (Å²) in [6.07, 6.45) is 4.12. The number of amides is 1. The summed E-state index contributed by atoms with van der Waals surface area (Å²) < 4.78 is 15.7. The predicted octanol–water partition coefficient (Wildman–Crippen LogP) is 3.02. The number of aromatic nitrogens is 5. The smallest absolute Gasteiger partial charge is 0.279 e. The van der Waals surface area contributed by atoms with Crippen LogP contribution in [0, 0.1) is 0 Å². The molecular weight excluding hydrogens is 400 g/mol. The molecule has 0 bridgehead atoms. The molecule has 11 heteroatoms. The molecule has 29 heavy (non-hydrogen) atoms. The van der Waals surface area contributed by atoms with Gasteiger partial charge in [-0.25, -0.2) is 9.97 Å². The lowest BCUT2D eigenvalue weighted by Gasteiger charge is -2.02. The number of nitrogens with one attached hydrogen (secondary N) is 1. The summed E-state index contributed by atoms with van der Waals surface area (Å²) in [5.74, 6) is 0.492. The minimum atomic E-state index is -0.487. The molecule has 0 aliphatic rings.